The van der Waals surface area contributed by atoms with Gasteiger partial charge in [0, 0.05) is 4.43 Å². The van der Waals surface area contributed by atoms with Gasteiger partial charge in [0.1, 0.15) is 5.75 Å². The first-order chi connectivity index (χ1) is 6.24. The summed E-state index contributed by atoms with van der Waals surface area (Å²) in [6, 6.07) is 9.13. The van der Waals surface area contributed by atoms with E-state index in [4.69, 9.17) is 4.74 Å². The van der Waals surface area contributed by atoms with Crippen LogP contribution in [0, 0.1) is 5.92 Å². The monoisotopic (exact) mass is 290 g/mol. The average Bonchev–Trinajstić information content (AvgIpc) is 2.18. The zero-order valence-electron chi connectivity index (χ0n) is 7.37. The Labute approximate surface area is 91.4 Å². The van der Waals surface area contributed by atoms with E-state index in [1.165, 1.54) is 0 Å². The molecule has 13 heavy (non-hydrogen) atoms. The van der Waals surface area contributed by atoms with Gasteiger partial charge in [-0.1, -0.05) is 47.7 Å². The Balaban J connectivity index is 2.55. The van der Waals surface area contributed by atoms with Gasteiger partial charge in [0.2, 0.25) is 0 Å². The van der Waals surface area contributed by atoms with Crippen molar-refractivity contribution in [3.8, 4) is 5.75 Å². The van der Waals surface area contributed by atoms with Crippen LogP contribution in [-0.4, -0.2) is 10.4 Å². The molecule has 3 heteroatoms. The van der Waals surface area contributed by atoms with Crippen molar-refractivity contribution in [3.05, 3.63) is 30.3 Å². The van der Waals surface area contributed by atoms with Crippen molar-refractivity contribution in [2.24, 2.45) is 5.92 Å². The van der Waals surface area contributed by atoms with Crippen LogP contribution in [-0.2, 0) is 4.79 Å². The normalized spacial score (nSPS) is 12.2. The fraction of sp³-hybridized carbons (Fsp3) is 0.300. The van der Waals surface area contributed by atoms with Gasteiger partial charge in [-0.3, -0.25) is 4.79 Å². The molecule has 1 rings (SSSR count). The van der Waals surface area contributed by atoms with E-state index in [1.54, 1.807) is 12.1 Å². The summed E-state index contributed by atoms with van der Waals surface area (Å²) >= 11 is 2.17. The van der Waals surface area contributed by atoms with E-state index < -0.39 is 0 Å². The molecule has 0 radical (unpaired) electrons. The molecule has 0 aliphatic rings. The molecule has 0 saturated carbocycles. The lowest BCUT2D eigenvalue weighted by atomic mass is 10.2. The lowest BCUT2D eigenvalue weighted by Gasteiger charge is -2.07. The molecule has 1 aromatic rings. The highest BCUT2D eigenvalue weighted by molar-refractivity contribution is 14.1. The van der Waals surface area contributed by atoms with Crippen LogP contribution in [0.5, 0.6) is 5.75 Å². The second kappa shape index (κ2) is 5.21. The Morgan fingerprint density at radius 3 is 2.62 bits per heavy atom. The van der Waals surface area contributed by atoms with Crippen molar-refractivity contribution in [2.45, 2.75) is 6.92 Å². The number of carbonyl (C=O) groups excluding carboxylic acids is 1. The zero-order chi connectivity index (χ0) is 9.68. The number of rotatable bonds is 3. The largest absolute Gasteiger partial charge is 0.426 e. The summed E-state index contributed by atoms with van der Waals surface area (Å²) in [6.07, 6.45) is 0. The van der Waals surface area contributed by atoms with Crippen LogP contribution in [0.15, 0.2) is 30.3 Å². The molecule has 0 amide bonds. The molecular weight excluding hydrogens is 279 g/mol. The number of benzene rings is 1. The standard InChI is InChI=1S/C10H11IO2/c1-8(7-11)10(12)13-9-5-3-2-4-6-9/h2-6,8H,7H2,1H3. The smallest absolute Gasteiger partial charge is 0.314 e. The molecule has 0 aliphatic heterocycles. The number of esters is 1. The summed E-state index contributed by atoms with van der Waals surface area (Å²) in [5, 5.41) is 0. The average molecular weight is 290 g/mol. The van der Waals surface area contributed by atoms with Gasteiger partial charge in [0.15, 0.2) is 0 Å². The topological polar surface area (TPSA) is 26.3 Å². The van der Waals surface area contributed by atoms with Crippen molar-refractivity contribution in [1.29, 1.82) is 0 Å². The van der Waals surface area contributed by atoms with Crippen LogP contribution >= 0.6 is 22.6 Å². The third-order valence-electron chi connectivity index (χ3n) is 1.60. The third kappa shape index (κ3) is 3.34. The predicted octanol–water partition coefficient (Wildman–Crippen LogP) is 2.66. The summed E-state index contributed by atoms with van der Waals surface area (Å²) < 4.78 is 5.90. The number of halogens is 1. The van der Waals surface area contributed by atoms with Gasteiger partial charge < -0.3 is 4.74 Å². The number of hydrogen-bond donors (Lipinski definition) is 0. The van der Waals surface area contributed by atoms with Gasteiger partial charge in [0.25, 0.3) is 0 Å². The second-order valence-corrected chi connectivity index (χ2v) is 3.67. The van der Waals surface area contributed by atoms with Gasteiger partial charge in [-0.25, -0.2) is 0 Å². The number of hydrogen-bond acceptors (Lipinski definition) is 2. The zero-order valence-corrected chi connectivity index (χ0v) is 9.52. The van der Waals surface area contributed by atoms with Crippen LogP contribution in [0.25, 0.3) is 0 Å². The number of alkyl halides is 1. The van der Waals surface area contributed by atoms with Crippen LogP contribution in [0.3, 0.4) is 0 Å². The summed E-state index contributed by atoms with van der Waals surface area (Å²) in [7, 11) is 0. The van der Waals surface area contributed by atoms with Gasteiger partial charge >= 0.3 is 5.97 Å². The fourth-order valence-corrected chi connectivity index (χ4v) is 1.13. The Bertz CT molecular complexity index is 272. The molecule has 0 bridgehead atoms. The van der Waals surface area contributed by atoms with Crippen molar-refractivity contribution >= 4 is 28.6 Å². The van der Waals surface area contributed by atoms with Crippen molar-refractivity contribution in [2.75, 3.05) is 4.43 Å². The summed E-state index contributed by atoms with van der Waals surface area (Å²) in [6.45, 7) is 1.86. The maximum Gasteiger partial charge on any atom is 0.314 e. The highest BCUT2D eigenvalue weighted by Crippen LogP contribution is 2.11. The number of para-hydroxylation sites is 1. The minimum absolute atomic E-state index is 0.0409. The highest BCUT2D eigenvalue weighted by Gasteiger charge is 2.12. The van der Waals surface area contributed by atoms with Gasteiger partial charge in [-0.05, 0) is 12.1 Å². The third-order valence-corrected chi connectivity index (χ3v) is 2.92. The van der Waals surface area contributed by atoms with E-state index in [1.807, 2.05) is 25.1 Å². The first-order valence-corrected chi connectivity index (χ1v) is 5.59. The lowest BCUT2D eigenvalue weighted by Crippen LogP contribution is -2.18. The molecule has 1 unspecified atom stereocenters. The number of carbonyl (C=O) groups is 1. The van der Waals surface area contributed by atoms with Crippen LogP contribution in [0.2, 0.25) is 0 Å². The minimum atomic E-state index is -0.166. The quantitative estimate of drug-likeness (QED) is 0.370. The first-order valence-electron chi connectivity index (χ1n) is 4.06. The van der Waals surface area contributed by atoms with Crippen molar-refractivity contribution < 1.29 is 9.53 Å². The molecule has 0 saturated heterocycles. The Morgan fingerprint density at radius 1 is 1.46 bits per heavy atom. The van der Waals surface area contributed by atoms with E-state index in [0.29, 0.717) is 5.75 Å². The van der Waals surface area contributed by atoms with Gasteiger partial charge in [-0.15, -0.1) is 0 Å². The molecule has 0 N–H and O–H groups in total. The summed E-state index contributed by atoms with van der Waals surface area (Å²) in [5.74, 6) is 0.408. The molecule has 1 atom stereocenters. The number of ether oxygens (including phenoxy) is 1. The van der Waals surface area contributed by atoms with E-state index in [2.05, 4.69) is 22.6 Å². The molecule has 0 heterocycles. The summed E-state index contributed by atoms with van der Waals surface area (Å²) in [4.78, 5) is 11.3. The maximum atomic E-state index is 11.3. The molecule has 0 spiro atoms. The van der Waals surface area contributed by atoms with Gasteiger partial charge in [0.05, 0.1) is 5.92 Å². The van der Waals surface area contributed by atoms with E-state index >= 15 is 0 Å². The molecule has 0 aliphatic carbocycles. The predicted molar refractivity (Wildman–Crippen MR) is 60.1 cm³/mol. The van der Waals surface area contributed by atoms with Crippen LogP contribution in [0.4, 0.5) is 0 Å². The fourth-order valence-electron chi connectivity index (χ4n) is 0.768. The molecule has 0 aromatic heterocycles. The van der Waals surface area contributed by atoms with Crippen molar-refractivity contribution in [3.63, 3.8) is 0 Å². The van der Waals surface area contributed by atoms with Crippen LogP contribution < -0.4 is 4.74 Å². The lowest BCUT2D eigenvalue weighted by molar-refractivity contribution is -0.137. The SMILES string of the molecule is CC(CI)C(=O)Oc1ccccc1. The van der Waals surface area contributed by atoms with E-state index in [-0.39, 0.29) is 11.9 Å². The van der Waals surface area contributed by atoms with E-state index in [9.17, 15) is 4.79 Å². The Hall–Kier alpha value is -0.580. The minimum Gasteiger partial charge on any atom is -0.426 e. The summed E-state index contributed by atoms with van der Waals surface area (Å²) in [5.41, 5.74) is 0. The molecule has 2 nitrogen and oxygen atoms in total. The Kier molecular flexibility index (Phi) is 4.21. The van der Waals surface area contributed by atoms with E-state index in [0.717, 1.165) is 4.43 Å². The van der Waals surface area contributed by atoms with Crippen molar-refractivity contribution in [1.82, 2.24) is 0 Å². The maximum absolute atomic E-state index is 11.3. The molecule has 0 fully saturated rings. The van der Waals surface area contributed by atoms with Gasteiger partial charge in [-0.2, -0.15) is 0 Å². The highest BCUT2D eigenvalue weighted by atomic mass is 127. The second-order valence-electron chi connectivity index (χ2n) is 2.79. The molecule has 70 valence electrons. The molecule has 1 aromatic carbocycles. The Morgan fingerprint density at radius 2 is 2.08 bits per heavy atom. The first kappa shape index (κ1) is 10.5. The molecular formula is C10H11IO2. The van der Waals surface area contributed by atoms with Crippen LogP contribution in [0.1, 0.15) is 6.92 Å².